The Morgan fingerprint density at radius 3 is 2.89 bits per heavy atom. The Kier molecular flexibility index (Phi) is 3.76. The van der Waals surface area contributed by atoms with Gasteiger partial charge in [0, 0.05) is 41.8 Å². The zero-order chi connectivity index (χ0) is 13.0. The van der Waals surface area contributed by atoms with E-state index in [9.17, 15) is 8.78 Å². The lowest BCUT2D eigenvalue weighted by Gasteiger charge is -2.11. The number of aromatic nitrogens is 2. The molecule has 96 valence electrons. The molecule has 0 aliphatic heterocycles. The summed E-state index contributed by atoms with van der Waals surface area (Å²) in [6, 6.07) is 4.47. The summed E-state index contributed by atoms with van der Waals surface area (Å²) in [5.41, 5.74) is 7.13. The summed E-state index contributed by atoms with van der Waals surface area (Å²) < 4.78 is 25.6. The van der Waals surface area contributed by atoms with Crippen LogP contribution in [0.3, 0.4) is 0 Å². The van der Waals surface area contributed by atoms with Gasteiger partial charge in [-0.3, -0.25) is 0 Å². The fourth-order valence-electron chi connectivity index (χ4n) is 1.68. The Hall–Kier alpha value is -2.11. The molecular weight excluding hydrogens is 238 g/mol. The van der Waals surface area contributed by atoms with Gasteiger partial charge in [0.1, 0.15) is 0 Å². The number of nitrogens with two attached hydrogens (primary N) is 1. The third kappa shape index (κ3) is 2.97. The van der Waals surface area contributed by atoms with Gasteiger partial charge in [0.25, 0.3) is 6.43 Å². The molecule has 18 heavy (non-hydrogen) atoms. The summed E-state index contributed by atoms with van der Waals surface area (Å²) in [7, 11) is 0. The number of nitrogens with one attached hydrogen (secondary N) is 2. The third-order valence-electron chi connectivity index (χ3n) is 2.58. The van der Waals surface area contributed by atoms with Gasteiger partial charge in [-0.25, -0.2) is 13.8 Å². The number of nitrogen functional groups attached to an aromatic ring is 1. The van der Waals surface area contributed by atoms with Crippen molar-refractivity contribution in [3.05, 3.63) is 42.0 Å². The number of hydrogen-bond donors (Lipinski definition) is 3. The quantitative estimate of drug-likeness (QED) is 0.716. The minimum absolute atomic E-state index is 0.0698. The highest BCUT2D eigenvalue weighted by molar-refractivity contribution is 5.58. The molecule has 0 fully saturated rings. The van der Waals surface area contributed by atoms with Crippen LogP contribution in [0.25, 0.3) is 0 Å². The normalized spacial score (nSPS) is 10.8. The molecule has 0 aliphatic carbocycles. The molecular formula is C12H14F2N4. The van der Waals surface area contributed by atoms with Crippen molar-refractivity contribution >= 4 is 11.4 Å². The van der Waals surface area contributed by atoms with Gasteiger partial charge >= 0.3 is 0 Å². The van der Waals surface area contributed by atoms with Crippen molar-refractivity contribution in [1.29, 1.82) is 0 Å². The van der Waals surface area contributed by atoms with Crippen LogP contribution in [0.4, 0.5) is 20.2 Å². The van der Waals surface area contributed by atoms with Gasteiger partial charge in [-0.1, -0.05) is 0 Å². The largest absolute Gasteiger partial charge is 0.399 e. The lowest BCUT2D eigenvalue weighted by Crippen LogP contribution is -2.07. The van der Waals surface area contributed by atoms with E-state index in [1.807, 2.05) is 0 Å². The van der Waals surface area contributed by atoms with Crippen molar-refractivity contribution in [2.24, 2.45) is 0 Å². The standard InChI is InChI=1S/C12H14F2N4/c13-12(14)10-5-8(15)1-2-11(10)17-4-3-9-6-16-7-18-9/h1-2,5-7,12,17H,3-4,15H2,(H,16,18). The molecule has 0 spiro atoms. The minimum atomic E-state index is -2.54. The van der Waals surface area contributed by atoms with E-state index >= 15 is 0 Å². The molecule has 0 amide bonds. The molecule has 0 saturated heterocycles. The first kappa shape index (κ1) is 12.3. The van der Waals surface area contributed by atoms with Crippen LogP contribution < -0.4 is 11.1 Å². The monoisotopic (exact) mass is 252 g/mol. The number of H-pyrrole nitrogens is 1. The second-order valence-electron chi connectivity index (χ2n) is 3.90. The number of hydrogen-bond acceptors (Lipinski definition) is 3. The Labute approximate surface area is 103 Å². The van der Waals surface area contributed by atoms with E-state index in [-0.39, 0.29) is 5.56 Å². The molecule has 6 heteroatoms. The Morgan fingerprint density at radius 1 is 1.39 bits per heavy atom. The molecule has 0 radical (unpaired) electrons. The SMILES string of the molecule is Nc1ccc(NCCc2cnc[nH]2)c(C(F)F)c1. The molecule has 2 rings (SSSR count). The fraction of sp³-hybridized carbons (Fsp3) is 0.250. The molecule has 1 aromatic heterocycles. The van der Waals surface area contributed by atoms with Crippen molar-refractivity contribution in [2.75, 3.05) is 17.6 Å². The lowest BCUT2D eigenvalue weighted by atomic mass is 10.1. The van der Waals surface area contributed by atoms with Gasteiger partial charge < -0.3 is 16.0 Å². The van der Waals surface area contributed by atoms with Crippen LogP contribution in [-0.2, 0) is 6.42 Å². The van der Waals surface area contributed by atoms with E-state index in [1.165, 1.54) is 6.07 Å². The Balaban J connectivity index is 2.00. The van der Waals surface area contributed by atoms with E-state index in [0.29, 0.717) is 24.3 Å². The maximum absolute atomic E-state index is 12.8. The molecule has 0 saturated carbocycles. The molecule has 0 bridgehead atoms. The van der Waals surface area contributed by atoms with Gasteiger partial charge in [-0.2, -0.15) is 0 Å². The topological polar surface area (TPSA) is 66.7 Å². The van der Waals surface area contributed by atoms with Crippen LogP contribution >= 0.6 is 0 Å². The second kappa shape index (κ2) is 5.48. The van der Waals surface area contributed by atoms with Crippen LogP contribution in [-0.4, -0.2) is 16.5 Å². The summed E-state index contributed by atoms with van der Waals surface area (Å²) in [5, 5.41) is 2.98. The van der Waals surface area contributed by atoms with E-state index in [2.05, 4.69) is 15.3 Å². The van der Waals surface area contributed by atoms with Gasteiger partial charge in [0.2, 0.25) is 0 Å². The molecule has 1 aromatic carbocycles. The summed E-state index contributed by atoms with van der Waals surface area (Å²) in [4.78, 5) is 6.84. The van der Waals surface area contributed by atoms with E-state index < -0.39 is 6.43 Å². The van der Waals surface area contributed by atoms with Crippen molar-refractivity contribution in [3.63, 3.8) is 0 Å². The predicted octanol–water partition coefficient (Wildman–Crippen LogP) is 2.58. The van der Waals surface area contributed by atoms with Crippen LogP contribution in [0.15, 0.2) is 30.7 Å². The molecule has 0 aliphatic rings. The molecule has 2 aromatic rings. The van der Waals surface area contributed by atoms with E-state index in [1.54, 1.807) is 24.7 Å². The number of rotatable bonds is 5. The number of benzene rings is 1. The summed E-state index contributed by atoms with van der Waals surface area (Å²) in [6.07, 6.45) is 1.44. The second-order valence-corrected chi connectivity index (χ2v) is 3.90. The molecule has 0 unspecified atom stereocenters. The zero-order valence-corrected chi connectivity index (χ0v) is 9.66. The number of imidazole rings is 1. The van der Waals surface area contributed by atoms with Gasteiger partial charge in [0.05, 0.1) is 6.33 Å². The van der Waals surface area contributed by atoms with Crippen LogP contribution in [0.5, 0.6) is 0 Å². The maximum atomic E-state index is 12.8. The van der Waals surface area contributed by atoms with Crippen molar-refractivity contribution < 1.29 is 8.78 Å². The lowest BCUT2D eigenvalue weighted by molar-refractivity contribution is 0.152. The predicted molar refractivity (Wildman–Crippen MR) is 66.6 cm³/mol. The average Bonchev–Trinajstić information content (AvgIpc) is 2.84. The highest BCUT2D eigenvalue weighted by Crippen LogP contribution is 2.28. The molecule has 0 atom stereocenters. The van der Waals surface area contributed by atoms with E-state index in [0.717, 1.165) is 5.69 Å². The number of anilines is 2. The van der Waals surface area contributed by atoms with Gasteiger partial charge in [-0.15, -0.1) is 0 Å². The van der Waals surface area contributed by atoms with Crippen molar-refractivity contribution in [2.45, 2.75) is 12.8 Å². The molecule has 4 N–H and O–H groups in total. The summed E-state index contributed by atoms with van der Waals surface area (Å²) in [5.74, 6) is 0. The summed E-state index contributed by atoms with van der Waals surface area (Å²) in [6.45, 7) is 0.547. The Morgan fingerprint density at radius 2 is 2.22 bits per heavy atom. The minimum Gasteiger partial charge on any atom is -0.399 e. The molecule has 1 heterocycles. The first-order chi connectivity index (χ1) is 8.66. The first-order valence-electron chi connectivity index (χ1n) is 5.55. The van der Waals surface area contributed by atoms with E-state index in [4.69, 9.17) is 5.73 Å². The zero-order valence-electron chi connectivity index (χ0n) is 9.66. The smallest absolute Gasteiger partial charge is 0.265 e. The van der Waals surface area contributed by atoms with Crippen LogP contribution in [0.1, 0.15) is 17.7 Å². The highest BCUT2D eigenvalue weighted by Gasteiger charge is 2.12. The number of alkyl halides is 2. The number of nitrogens with zero attached hydrogens (tertiary/aromatic N) is 1. The average molecular weight is 252 g/mol. The van der Waals surface area contributed by atoms with Gasteiger partial charge in [0.15, 0.2) is 0 Å². The molecule has 4 nitrogen and oxygen atoms in total. The maximum Gasteiger partial charge on any atom is 0.265 e. The number of aromatic amines is 1. The first-order valence-corrected chi connectivity index (χ1v) is 5.55. The Bertz CT molecular complexity index is 497. The highest BCUT2D eigenvalue weighted by atomic mass is 19.3. The van der Waals surface area contributed by atoms with Gasteiger partial charge in [-0.05, 0) is 18.2 Å². The fourth-order valence-corrected chi connectivity index (χ4v) is 1.68. The third-order valence-corrected chi connectivity index (χ3v) is 2.58. The van der Waals surface area contributed by atoms with Crippen LogP contribution in [0.2, 0.25) is 0 Å². The van der Waals surface area contributed by atoms with Crippen molar-refractivity contribution in [3.8, 4) is 0 Å². The van der Waals surface area contributed by atoms with Crippen molar-refractivity contribution in [1.82, 2.24) is 9.97 Å². The number of halogens is 2. The summed E-state index contributed by atoms with van der Waals surface area (Å²) >= 11 is 0. The van der Waals surface area contributed by atoms with Crippen LogP contribution in [0, 0.1) is 0 Å².